The standard InChI is InChI=1S/C25H28ClN5O3/c26-22-13-29-24-21(22)11-17(12-28-24)16-9-18-14-31(25(32)30-4-7-33-8-5-30)3-1-19(18)20(10-16)23-15-34-6-2-27-23/h9-13,23,27H,1-8,14-15H2,(H,28,29)/t23-/m0/s1. The summed E-state index contributed by atoms with van der Waals surface area (Å²) in [5.74, 6) is 0. The zero-order valence-electron chi connectivity index (χ0n) is 19.0. The molecular formula is C25H28ClN5O3. The monoisotopic (exact) mass is 481 g/mol. The number of pyridine rings is 1. The number of amides is 2. The smallest absolute Gasteiger partial charge is 0.320 e. The van der Waals surface area contributed by atoms with Crippen molar-refractivity contribution in [3.05, 3.63) is 52.3 Å². The van der Waals surface area contributed by atoms with Gasteiger partial charge in [-0.3, -0.25) is 0 Å². The molecule has 0 bridgehead atoms. The minimum Gasteiger partial charge on any atom is -0.378 e. The summed E-state index contributed by atoms with van der Waals surface area (Å²) >= 11 is 6.37. The van der Waals surface area contributed by atoms with Gasteiger partial charge in [-0.2, -0.15) is 0 Å². The third-order valence-electron chi connectivity index (χ3n) is 7.03. The number of halogens is 1. The van der Waals surface area contributed by atoms with E-state index in [1.54, 1.807) is 6.20 Å². The number of hydrogen-bond acceptors (Lipinski definition) is 5. The van der Waals surface area contributed by atoms with Crippen molar-refractivity contribution < 1.29 is 14.3 Å². The number of nitrogens with zero attached hydrogens (tertiary/aromatic N) is 3. The largest absolute Gasteiger partial charge is 0.378 e. The van der Waals surface area contributed by atoms with Gasteiger partial charge in [-0.05, 0) is 46.9 Å². The molecule has 6 rings (SSSR count). The third kappa shape index (κ3) is 4.05. The average Bonchev–Trinajstić information content (AvgIpc) is 3.28. The molecule has 9 heteroatoms. The number of H-pyrrole nitrogens is 1. The first kappa shape index (κ1) is 21.9. The highest BCUT2D eigenvalue weighted by molar-refractivity contribution is 6.35. The number of ether oxygens (including phenoxy) is 2. The minimum absolute atomic E-state index is 0.0993. The van der Waals surface area contributed by atoms with Gasteiger partial charge in [0.2, 0.25) is 0 Å². The number of carbonyl (C=O) groups excluding carboxylic acids is 1. The molecule has 34 heavy (non-hydrogen) atoms. The van der Waals surface area contributed by atoms with Gasteiger partial charge in [-0.25, -0.2) is 9.78 Å². The Bertz CT molecular complexity index is 1220. The van der Waals surface area contributed by atoms with Crippen molar-refractivity contribution in [1.82, 2.24) is 25.1 Å². The van der Waals surface area contributed by atoms with E-state index in [2.05, 4.69) is 33.5 Å². The van der Waals surface area contributed by atoms with E-state index in [-0.39, 0.29) is 12.1 Å². The molecule has 2 saturated heterocycles. The second-order valence-corrected chi connectivity index (χ2v) is 9.50. The summed E-state index contributed by atoms with van der Waals surface area (Å²) < 4.78 is 11.2. The first-order valence-corrected chi connectivity index (χ1v) is 12.3. The number of fused-ring (bicyclic) bond motifs is 2. The molecule has 2 N–H and O–H groups in total. The lowest BCUT2D eigenvalue weighted by Crippen LogP contribution is -2.49. The number of aromatic amines is 1. The molecule has 2 amide bonds. The Hall–Kier alpha value is -2.65. The van der Waals surface area contributed by atoms with E-state index < -0.39 is 0 Å². The summed E-state index contributed by atoms with van der Waals surface area (Å²) in [6.07, 6.45) is 4.48. The molecule has 0 unspecified atom stereocenters. The Balaban J connectivity index is 1.38. The van der Waals surface area contributed by atoms with E-state index in [0.29, 0.717) is 44.5 Å². The van der Waals surface area contributed by atoms with Crippen molar-refractivity contribution in [2.75, 3.05) is 52.6 Å². The average molecular weight is 482 g/mol. The number of rotatable bonds is 2. The molecule has 0 saturated carbocycles. The molecule has 0 aliphatic carbocycles. The zero-order chi connectivity index (χ0) is 23.1. The number of urea groups is 1. The SMILES string of the molecule is O=C(N1CCOCC1)N1CCc2c(cc(-c3cnc4[nH]cc(Cl)c4c3)cc2[C@@H]2COCCN2)C1. The van der Waals surface area contributed by atoms with Crippen LogP contribution in [0, 0.1) is 0 Å². The highest BCUT2D eigenvalue weighted by Gasteiger charge is 2.30. The van der Waals surface area contributed by atoms with E-state index in [1.807, 2.05) is 16.0 Å². The maximum atomic E-state index is 13.2. The van der Waals surface area contributed by atoms with Gasteiger partial charge in [0.25, 0.3) is 0 Å². The highest BCUT2D eigenvalue weighted by atomic mass is 35.5. The van der Waals surface area contributed by atoms with Gasteiger partial charge in [0.15, 0.2) is 0 Å². The van der Waals surface area contributed by atoms with Crippen molar-refractivity contribution in [2.24, 2.45) is 0 Å². The number of morpholine rings is 2. The lowest BCUT2D eigenvalue weighted by Gasteiger charge is -2.37. The zero-order valence-corrected chi connectivity index (χ0v) is 19.7. The molecule has 3 aromatic rings. The van der Waals surface area contributed by atoms with Crippen LogP contribution in [0.15, 0.2) is 30.6 Å². The molecule has 1 aromatic carbocycles. The number of hydrogen-bond donors (Lipinski definition) is 2. The van der Waals surface area contributed by atoms with Crippen LogP contribution in [0.3, 0.4) is 0 Å². The van der Waals surface area contributed by atoms with Crippen LogP contribution in [0.25, 0.3) is 22.2 Å². The predicted molar refractivity (Wildman–Crippen MR) is 130 cm³/mol. The minimum atomic E-state index is 0.0993. The van der Waals surface area contributed by atoms with Gasteiger partial charge in [-0.15, -0.1) is 0 Å². The molecule has 8 nitrogen and oxygen atoms in total. The van der Waals surface area contributed by atoms with Crippen molar-refractivity contribution in [2.45, 2.75) is 19.0 Å². The topological polar surface area (TPSA) is 82.7 Å². The normalized spacial score (nSPS) is 21.0. The summed E-state index contributed by atoms with van der Waals surface area (Å²) in [7, 11) is 0. The van der Waals surface area contributed by atoms with E-state index >= 15 is 0 Å². The van der Waals surface area contributed by atoms with Gasteiger partial charge >= 0.3 is 6.03 Å². The molecule has 0 spiro atoms. The Morgan fingerprint density at radius 1 is 1.06 bits per heavy atom. The van der Waals surface area contributed by atoms with Crippen LogP contribution in [0.4, 0.5) is 4.79 Å². The summed E-state index contributed by atoms with van der Waals surface area (Å²) in [4.78, 5) is 24.7. The van der Waals surface area contributed by atoms with Crippen LogP contribution in [0.1, 0.15) is 22.7 Å². The predicted octanol–water partition coefficient (Wildman–Crippen LogP) is 3.35. The summed E-state index contributed by atoms with van der Waals surface area (Å²) in [6.45, 7) is 6.04. The molecular weight excluding hydrogens is 454 g/mol. The van der Waals surface area contributed by atoms with Gasteiger partial charge in [0.05, 0.1) is 37.5 Å². The third-order valence-corrected chi connectivity index (χ3v) is 7.35. The maximum absolute atomic E-state index is 13.2. The fourth-order valence-electron chi connectivity index (χ4n) is 5.22. The lowest BCUT2D eigenvalue weighted by atomic mass is 9.87. The first-order chi connectivity index (χ1) is 16.7. The summed E-state index contributed by atoms with van der Waals surface area (Å²) in [5, 5.41) is 5.18. The lowest BCUT2D eigenvalue weighted by molar-refractivity contribution is 0.0421. The fraction of sp³-hybridized carbons (Fsp3) is 0.440. The van der Waals surface area contributed by atoms with Crippen LogP contribution < -0.4 is 5.32 Å². The van der Waals surface area contributed by atoms with Crippen LogP contribution >= 0.6 is 11.6 Å². The van der Waals surface area contributed by atoms with Crippen LogP contribution in [0.2, 0.25) is 5.02 Å². The van der Waals surface area contributed by atoms with E-state index in [9.17, 15) is 4.79 Å². The highest BCUT2D eigenvalue weighted by Crippen LogP contribution is 2.35. The second-order valence-electron chi connectivity index (χ2n) is 9.10. The van der Waals surface area contributed by atoms with Gasteiger partial charge in [-0.1, -0.05) is 11.6 Å². The molecule has 2 aromatic heterocycles. The van der Waals surface area contributed by atoms with Crippen molar-refractivity contribution in [1.29, 1.82) is 0 Å². The fourth-order valence-corrected chi connectivity index (χ4v) is 5.42. The quantitative estimate of drug-likeness (QED) is 0.586. The van der Waals surface area contributed by atoms with Crippen molar-refractivity contribution in [3.8, 4) is 11.1 Å². The molecule has 1 atom stereocenters. The molecule has 0 radical (unpaired) electrons. The van der Waals surface area contributed by atoms with E-state index in [0.717, 1.165) is 48.3 Å². The Morgan fingerprint density at radius 2 is 1.94 bits per heavy atom. The van der Waals surface area contributed by atoms with Crippen LogP contribution in [0.5, 0.6) is 0 Å². The Morgan fingerprint density at radius 3 is 2.76 bits per heavy atom. The van der Waals surface area contributed by atoms with Crippen molar-refractivity contribution >= 4 is 28.7 Å². The summed E-state index contributed by atoms with van der Waals surface area (Å²) in [6, 6.07) is 6.79. The van der Waals surface area contributed by atoms with Crippen LogP contribution in [-0.2, 0) is 22.4 Å². The van der Waals surface area contributed by atoms with Gasteiger partial charge < -0.3 is 29.6 Å². The Kier molecular flexibility index (Phi) is 5.90. The Labute approximate surface area is 203 Å². The number of carbonyl (C=O) groups is 1. The second kappa shape index (κ2) is 9.19. The van der Waals surface area contributed by atoms with Crippen molar-refractivity contribution in [3.63, 3.8) is 0 Å². The molecule has 3 aliphatic rings. The van der Waals surface area contributed by atoms with Gasteiger partial charge in [0.1, 0.15) is 5.65 Å². The molecule has 3 aliphatic heterocycles. The van der Waals surface area contributed by atoms with E-state index in [4.69, 9.17) is 21.1 Å². The van der Waals surface area contributed by atoms with E-state index in [1.165, 1.54) is 16.7 Å². The first-order valence-electron chi connectivity index (χ1n) is 11.9. The van der Waals surface area contributed by atoms with Crippen LogP contribution in [-0.4, -0.2) is 78.4 Å². The molecule has 2 fully saturated rings. The number of aromatic nitrogens is 2. The molecule has 178 valence electrons. The number of benzene rings is 1. The molecule has 5 heterocycles. The summed E-state index contributed by atoms with van der Waals surface area (Å²) in [5.41, 5.74) is 6.63. The maximum Gasteiger partial charge on any atom is 0.320 e. The van der Waals surface area contributed by atoms with Gasteiger partial charge in [0, 0.05) is 56.1 Å². The number of nitrogens with one attached hydrogen (secondary N) is 2.